The predicted molar refractivity (Wildman–Crippen MR) is 100 cm³/mol. The fourth-order valence-electron chi connectivity index (χ4n) is 2.21. The van der Waals surface area contributed by atoms with Crippen LogP contribution in [0.25, 0.3) is 0 Å². The maximum atomic E-state index is 5.98. The van der Waals surface area contributed by atoms with Crippen LogP contribution in [-0.2, 0) is 10.8 Å². The molecule has 0 aliphatic rings. The molecular weight excluding hydrogens is 268 g/mol. The molecule has 128 valence electrons. The van der Waals surface area contributed by atoms with E-state index in [2.05, 4.69) is 66.7 Å². The molecule has 1 heteroatoms. The Hall–Kier alpha value is -0.980. The Morgan fingerprint density at radius 3 is 1.86 bits per heavy atom. The van der Waals surface area contributed by atoms with Gasteiger partial charge in [-0.2, -0.15) is 0 Å². The van der Waals surface area contributed by atoms with Crippen LogP contribution in [-0.4, -0.2) is 6.61 Å². The van der Waals surface area contributed by atoms with Gasteiger partial charge in [-0.15, -0.1) is 0 Å². The number of hydrogen-bond donors (Lipinski definition) is 0. The first-order chi connectivity index (χ1) is 10.3. The van der Waals surface area contributed by atoms with E-state index in [0.29, 0.717) is 0 Å². The molecule has 0 amide bonds. The van der Waals surface area contributed by atoms with Gasteiger partial charge in [-0.05, 0) is 41.7 Å². The second-order valence-corrected chi connectivity index (χ2v) is 7.03. The highest BCUT2D eigenvalue weighted by Crippen LogP contribution is 2.38. The Bertz CT molecular complexity index is 430. The molecule has 0 spiro atoms. The topological polar surface area (TPSA) is 9.23 Å². The van der Waals surface area contributed by atoms with E-state index in [1.54, 1.807) is 0 Å². The summed E-state index contributed by atoms with van der Waals surface area (Å²) >= 11 is 0. The minimum absolute atomic E-state index is 0.156. The van der Waals surface area contributed by atoms with Crippen LogP contribution in [0.15, 0.2) is 18.2 Å². The molecule has 1 nitrogen and oxygen atoms in total. The van der Waals surface area contributed by atoms with E-state index in [1.807, 2.05) is 13.8 Å². The van der Waals surface area contributed by atoms with Crippen molar-refractivity contribution < 1.29 is 4.74 Å². The van der Waals surface area contributed by atoms with Crippen LogP contribution in [0.2, 0.25) is 0 Å². The summed E-state index contributed by atoms with van der Waals surface area (Å²) in [5, 5.41) is 0. The van der Waals surface area contributed by atoms with Crippen LogP contribution in [0.1, 0.15) is 92.7 Å². The van der Waals surface area contributed by atoms with E-state index in [-0.39, 0.29) is 10.8 Å². The molecule has 0 saturated heterocycles. The first-order valence-electron chi connectivity index (χ1n) is 9.06. The fraction of sp³-hybridized carbons (Fsp3) is 0.714. The summed E-state index contributed by atoms with van der Waals surface area (Å²) in [5.41, 5.74) is 3.15. The van der Waals surface area contributed by atoms with Crippen molar-refractivity contribution in [2.75, 3.05) is 6.61 Å². The van der Waals surface area contributed by atoms with Crippen LogP contribution < -0.4 is 4.74 Å². The summed E-state index contributed by atoms with van der Waals surface area (Å²) in [5.74, 6) is 1.06. The number of ether oxygens (including phenoxy) is 1. The van der Waals surface area contributed by atoms with Crippen molar-refractivity contribution in [3.05, 3.63) is 29.3 Å². The van der Waals surface area contributed by atoms with E-state index < -0.39 is 0 Å². The third-order valence-electron chi connectivity index (χ3n) is 4.72. The maximum absolute atomic E-state index is 5.98. The Kier molecular flexibility index (Phi) is 8.81. The van der Waals surface area contributed by atoms with Gasteiger partial charge in [0.25, 0.3) is 0 Å². The molecule has 1 aromatic carbocycles. The maximum Gasteiger partial charge on any atom is 0.123 e. The molecule has 0 atom stereocenters. The zero-order valence-corrected chi connectivity index (χ0v) is 16.5. The van der Waals surface area contributed by atoms with Gasteiger partial charge in [0, 0.05) is 5.56 Å². The zero-order chi connectivity index (χ0) is 17.4. The summed E-state index contributed by atoms with van der Waals surface area (Å²) in [6, 6.07) is 6.79. The molecule has 0 radical (unpaired) electrons. The molecule has 0 bridgehead atoms. The minimum atomic E-state index is 0.156. The van der Waals surface area contributed by atoms with Gasteiger partial charge in [0.15, 0.2) is 0 Å². The van der Waals surface area contributed by atoms with Crippen molar-refractivity contribution in [3.8, 4) is 5.75 Å². The van der Waals surface area contributed by atoms with Crippen molar-refractivity contribution in [1.29, 1.82) is 0 Å². The Morgan fingerprint density at radius 1 is 0.864 bits per heavy atom. The molecular formula is C21H38O. The van der Waals surface area contributed by atoms with Gasteiger partial charge in [-0.25, -0.2) is 0 Å². The number of benzene rings is 1. The zero-order valence-electron chi connectivity index (χ0n) is 16.5. The van der Waals surface area contributed by atoms with E-state index in [0.717, 1.165) is 31.6 Å². The highest BCUT2D eigenvalue weighted by Gasteiger charge is 2.26. The van der Waals surface area contributed by atoms with Crippen molar-refractivity contribution in [2.45, 2.75) is 92.4 Å². The summed E-state index contributed by atoms with van der Waals surface area (Å²) in [6.07, 6.45) is 3.31. The average molecular weight is 307 g/mol. The lowest BCUT2D eigenvalue weighted by atomic mass is 9.76. The lowest BCUT2D eigenvalue weighted by Gasteiger charge is -2.30. The molecule has 0 saturated carbocycles. The monoisotopic (exact) mass is 306 g/mol. The molecule has 0 aromatic heterocycles. The van der Waals surface area contributed by atoms with Crippen LogP contribution in [0, 0.1) is 0 Å². The van der Waals surface area contributed by atoms with E-state index >= 15 is 0 Å². The smallest absolute Gasteiger partial charge is 0.123 e. The van der Waals surface area contributed by atoms with Gasteiger partial charge in [0.05, 0.1) is 6.61 Å². The quantitative estimate of drug-likeness (QED) is 0.533. The highest BCUT2D eigenvalue weighted by molar-refractivity contribution is 5.44. The number of rotatable bonds is 7. The van der Waals surface area contributed by atoms with Gasteiger partial charge in [0.2, 0.25) is 0 Å². The van der Waals surface area contributed by atoms with Crippen LogP contribution in [0.3, 0.4) is 0 Å². The first-order valence-corrected chi connectivity index (χ1v) is 9.06. The Labute approximate surface area is 139 Å². The molecule has 1 rings (SSSR count). The summed E-state index contributed by atoms with van der Waals surface area (Å²) in [6.45, 7) is 20.7. The molecule has 0 N–H and O–H groups in total. The SMILES string of the molecule is CC.CCCOc1ccc(C(C)(C)CC)cc1C(C)(C)CC. The van der Waals surface area contributed by atoms with Crippen LogP contribution >= 0.6 is 0 Å². The lowest BCUT2D eigenvalue weighted by Crippen LogP contribution is -2.21. The molecule has 0 unspecified atom stereocenters. The predicted octanol–water partition coefficient (Wildman–Crippen LogP) is 6.88. The van der Waals surface area contributed by atoms with Gasteiger partial charge >= 0.3 is 0 Å². The standard InChI is InChI=1S/C19H32O.C2H6/c1-8-13-20-17-12-11-15(18(4,5)9-2)14-16(17)19(6,7)10-3;1-2/h11-12,14H,8-10,13H2,1-7H3;1-2H3. The van der Waals surface area contributed by atoms with Crippen molar-refractivity contribution in [2.24, 2.45) is 0 Å². The Balaban J connectivity index is 0.00000211. The van der Waals surface area contributed by atoms with Gasteiger partial charge in [-0.1, -0.05) is 74.4 Å². The molecule has 1 aromatic rings. The van der Waals surface area contributed by atoms with Gasteiger partial charge in [-0.3, -0.25) is 0 Å². The molecule has 0 fully saturated rings. The van der Waals surface area contributed by atoms with E-state index in [1.165, 1.54) is 11.1 Å². The minimum Gasteiger partial charge on any atom is -0.493 e. The van der Waals surface area contributed by atoms with Crippen molar-refractivity contribution >= 4 is 0 Å². The number of hydrogen-bond acceptors (Lipinski definition) is 1. The second-order valence-electron chi connectivity index (χ2n) is 7.03. The molecule has 22 heavy (non-hydrogen) atoms. The summed E-state index contributed by atoms with van der Waals surface area (Å²) in [7, 11) is 0. The summed E-state index contributed by atoms with van der Waals surface area (Å²) in [4.78, 5) is 0. The van der Waals surface area contributed by atoms with Crippen molar-refractivity contribution in [1.82, 2.24) is 0 Å². The van der Waals surface area contributed by atoms with E-state index in [4.69, 9.17) is 4.74 Å². The normalized spacial score (nSPS) is 11.7. The highest BCUT2D eigenvalue weighted by atomic mass is 16.5. The third-order valence-corrected chi connectivity index (χ3v) is 4.72. The van der Waals surface area contributed by atoms with Crippen molar-refractivity contribution in [3.63, 3.8) is 0 Å². The Morgan fingerprint density at radius 2 is 1.41 bits per heavy atom. The largest absolute Gasteiger partial charge is 0.493 e. The van der Waals surface area contributed by atoms with Gasteiger partial charge in [0.1, 0.15) is 5.75 Å². The first kappa shape index (κ1) is 21.0. The fourth-order valence-corrected chi connectivity index (χ4v) is 2.21. The van der Waals surface area contributed by atoms with Gasteiger partial charge < -0.3 is 4.74 Å². The third kappa shape index (κ3) is 5.34. The average Bonchev–Trinajstić information content (AvgIpc) is 2.54. The second kappa shape index (κ2) is 9.22. The summed E-state index contributed by atoms with van der Waals surface area (Å²) < 4.78 is 5.98. The molecule has 0 aliphatic carbocycles. The van der Waals surface area contributed by atoms with E-state index in [9.17, 15) is 0 Å². The van der Waals surface area contributed by atoms with Crippen LogP contribution in [0.4, 0.5) is 0 Å². The van der Waals surface area contributed by atoms with Crippen LogP contribution in [0.5, 0.6) is 5.75 Å². The molecule has 0 heterocycles. The lowest BCUT2D eigenvalue weighted by molar-refractivity contribution is 0.305. The molecule has 0 aliphatic heterocycles.